The normalized spacial score (nSPS) is 11.9. The number of para-hydroxylation sites is 8. The summed E-state index contributed by atoms with van der Waals surface area (Å²) in [6, 6.07) is 103. The van der Waals surface area contributed by atoms with Gasteiger partial charge in [-0.3, -0.25) is 0 Å². The molecule has 5 aromatic heterocycles. The molecule has 17 rings (SSSR count). The molecule has 0 atom stereocenters. The number of fused-ring (bicyclic) bond motifs is 12. The van der Waals surface area contributed by atoms with Crippen molar-refractivity contribution in [1.29, 1.82) is 0 Å². The lowest BCUT2D eigenvalue weighted by atomic mass is 9.92. The summed E-state index contributed by atoms with van der Waals surface area (Å²) in [5.41, 5.74) is 16.9. The Kier molecular flexibility index (Phi) is 10.2. The monoisotopic (exact) mass is 1050 g/mol. The fraction of sp³-hybridized carbons (Fsp3) is 0. The predicted octanol–water partition coefficient (Wildman–Crippen LogP) is 18.9. The van der Waals surface area contributed by atoms with E-state index in [0.717, 1.165) is 138 Å². The zero-order valence-electron chi connectivity index (χ0n) is 44.3. The SMILES string of the molecule is c1ccc(-c2nc(-c3ccccc3)nc(-c3c(-n4c5ccccc5c5ccccc54)c(-n4c5ccccc5c5ccccc54)c(-c4ccccc4)c(-n4c5ccccc5c5ccccc54)c3-n3c4ccccc4c4ccccc43)n2)cc1. The Morgan fingerprint density at radius 1 is 0.171 bits per heavy atom. The maximum absolute atomic E-state index is 5.89. The molecular weight excluding hydrogens is 999 g/mol. The van der Waals surface area contributed by atoms with Crippen molar-refractivity contribution >= 4 is 87.2 Å². The summed E-state index contributed by atoms with van der Waals surface area (Å²) in [5.74, 6) is 1.65. The van der Waals surface area contributed by atoms with Crippen LogP contribution in [-0.4, -0.2) is 33.2 Å². The summed E-state index contributed by atoms with van der Waals surface area (Å²) >= 11 is 0. The van der Waals surface area contributed by atoms with Crippen LogP contribution in [0, 0.1) is 0 Å². The predicted molar refractivity (Wildman–Crippen MR) is 339 cm³/mol. The van der Waals surface area contributed by atoms with Crippen molar-refractivity contribution in [3.05, 3.63) is 285 Å². The van der Waals surface area contributed by atoms with Crippen LogP contribution in [0.25, 0.3) is 155 Å². The van der Waals surface area contributed by atoms with Crippen LogP contribution in [0.3, 0.4) is 0 Å². The second kappa shape index (κ2) is 18.2. The van der Waals surface area contributed by atoms with Crippen molar-refractivity contribution in [3.63, 3.8) is 0 Å². The first kappa shape index (κ1) is 45.8. The maximum atomic E-state index is 5.89. The van der Waals surface area contributed by atoms with Crippen LogP contribution >= 0.6 is 0 Å². The van der Waals surface area contributed by atoms with Crippen molar-refractivity contribution < 1.29 is 0 Å². The average Bonchev–Trinajstić information content (AvgIpc) is 2.28. The Bertz CT molecular complexity index is 4870. The smallest absolute Gasteiger partial charge is 0.168 e. The third-order valence-electron chi connectivity index (χ3n) is 16.6. The van der Waals surface area contributed by atoms with Gasteiger partial charge in [0.1, 0.15) is 0 Å². The van der Waals surface area contributed by atoms with Gasteiger partial charge in [-0.05, 0) is 54.1 Å². The van der Waals surface area contributed by atoms with Gasteiger partial charge in [0.2, 0.25) is 0 Å². The highest BCUT2D eigenvalue weighted by atomic mass is 15.1. The summed E-state index contributed by atoms with van der Waals surface area (Å²) in [7, 11) is 0. The van der Waals surface area contributed by atoms with E-state index in [1.165, 1.54) is 0 Å². The molecule has 0 aliphatic rings. The Morgan fingerprint density at radius 2 is 0.366 bits per heavy atom. The highest BCUT2D eigenvalue weighted by Gasteiger charge is 2.36. The van der Waals surface area contributed by atoms with Gasteiger partial charge in [0.15, 0.2) is 17.5 Å². The molecule has 0 bridgehead atoms. The fourth-order valence-corrected chi connectivity index (χ4v) is 13.2. The standard InChI is InChI=1S/C75H47N7/c1-4-26-48(27-5-1)67-69(79-59-40-18-10-32-51(59)52-33-11-19-41-60(52)79)71(81-63-44-22-14-36-55(63)56-37-15-23-45-64(56)81)68(75-77-73(49-28-6-2-7-29-49)76-74(78-75)50-30-8-3-9-31-50)72(82-65-46-24-16-38-57(65)58-39-17-25-47-66(58)82)70(67)80-61-42-20-12-34-53(61)54-35-13-21-43-62(54)80/h1-47H. The maximum Gasteiger partial charge on any atom is 0.168 e. The van der Waals surface area contributed by atoms with E-state index in [1.807, 2.05) is 12.1 Å². The zero-order valence-corrected chi connectivity index (χ0v) is 44.3. The van der Waals surface area contributed by atoms with Gasteiger partial charge < -0.3 is 18.3 Å². The van der Waals surface area contributed by atoms with E-state index in [-0.39, 0.29) is 0 Å². The third kappa shape index (κ3) is 6.74. The van der Waals surface area contributed by atoms with E-state index in [0.29, 0.717) is 17.5 Å². The molecule has 0 aliphatic carbocycles. The molecule has 0 N–H and O–H groups in total. The molecule has 0 aliphatic heterocycles. The van der Waals surface area contributed by atoms with Crippen LogP contribution in [0.4, 0.5) is 0 Å². The fourth-order valence-electron chi connectivity index (χ4n) is 13.2. The topological polar surface area (TPSA) is 58.4 Å². The van der Waals surface area contributed by atoms with E-state index >= 15 is 0 Å². The molecule has 0 unspecified atom stereocenters. The lowest BCUT2D eigenvalue weighted by Crippen LogP contribution is -2.17. The lowest BCUT2D eigenvalue weighted by Gasteiger charge is -2.31. The highest BCUT2D eigenvalue weighted by Crippen LogP contribution is 2.54. The molecule has 0 amide bonds. The van der Waals surface area contributed by atoms with Gasteiger partial charge in [-0.15, -0.1) is 0 Å². The largest absolute Gasteiger partial charge is 0.306 e. The molecule has 17 aromatic rings. The van der Waals surface area contributed by atoms with Gasteiger partial charge in [-0.25, -0.2) is 15.0 Å². The van der Waals surface area contributed by atoms with Crippen LogP contribution in [0.1, 0.15) is 0 Å². The molecule has 7 heteroatoms. The molecule has 0 fully saturated rings. The third-order valence-corrected chi connectivity index (χ3v) is 16.6. The molecule has 5 heterocycles. The van der Waals surface area contributed by atoms with Gasteiger partial charge in [-0.2, -0.15) is 0 Å². The molecule has 82 heavy (non-hydrogen) atoms. The highest BCUT2D eigenvalue weighted by molar-refractivity contribution is 6.18. The average molecular weight is 1050 g/mol. The molecule has 7 nitrogen and oxygen atoms in total. The minimum atomic E-state index is 0.519. The van der Waals surface area contributed by atoms with Crippen molar-refractivity contribution in [2.45, 2.75) is 0 Å². The van der Waals surface area contributed by atoms with Crippen molar-refractivity contribution in [2.75, 3.05) is 0 Å². The second-order valence-corrected chi connectivity index (χ2v) is 21.0. The van der Waals surface area contributed by atoms with Crippen LogP contribution in [0.5, 0.6) is 0 Å². The molecule has 0 spiro atoms. The van der Waals surface area contributed by atoms with E-state index in [2.05, 4.69) is 291 Å². The van der Waals surface area contributed by atoms with E-state index in [1.54, 1.807) is 0 Å². The van der Waals surface area contributed by atoms with Gasteiger partial charge in [-0.1, -0.05) is 237 Å². The van der Waals surface area contributed by atoms with E-state index < -0.39 is 0 Å². The number of hydrogen-bond acceptors (Lipinski definition) is 3. The Hall–Kier alpha value is -11.2. The van der Waals surface area contributed by atoms with Crippen LogP contribution in [0.2, 0.25) is 0 Å². The number of nitrogens with zero attached hydrogens (tertiary/aromatic N) is 7. The Morgan fingerprint density at radius 3 is 0.622 bits per heavy atom. The minimum Gasteiger partial charge on any atom is -0.306 e. The summed E-state index contributed by atoms with van der Waals surface area (Å²) in [6.07, 6.45) is 0. The van der Waals surface area contributed by atoms with Crippen molar-refractivity contribution in [2.24, 2.45) is 0 Å². The zero-order chi connectivity index (χ0) is 53.8. The quantitative estimate of drug-likeness (QED) is 0.152. The summed E-state index contributed by atoms with van der Waals surface area (Å²) in [6.45, 7) is 0. The number of benzene rings is 12. The first-order chi connectivity index (χ1) is 40.8. The van der Waals surface area contributed by atoms with Crippen LogP contribution in [-0.2, 0) is 0 Å². The van der Waals surface area contributed by atoms with Crippen molar-refractivity contribution in [1.82, 2.24) is 33.2 Å². The van der Waals surface area contributed by atoms with Gasteiger partial charge in [0.05, 0.1) is 72.4 Å². The number of aromatic nitrogens is 7. The Balaban J connectivity index is 1.26. The Labute approximate surface area is 471 Å². The van der Waals surface area contributed by atoms with Gasteiger partial charge in [0, 0.05) is 59.8 Å². The van der Waals surface area contributed by atoms with Gasteiger partial charge in [0.25, 0.3) is 0 Å². The molecule has 0 saturated carbocycles. The number of hydrogen-bond donors (Lipinski definition) is 0. The van der Waals surface area contributed by atoms with Crippen LogP contribution in [0.15, 0.2) is 285 Å². The molecular formula is C75H47N7. The molecule has 12 aromatic carbocycles. The molecule has 382 valence electrons. The first-order valence-electron chi connectivity index (χ1n) is 27.9. The summed E-state index contributed by atoms with van der Waals surface area (Å²) in [5, 5.41) is 9.12. The van der Waals surface area contributed by atoms with Gasteiger partial charge >= 0.3 is 0 Å². The summed E-state index contributed by atoms with van der Waals surface area (Å²) < 4.78 is 10.1. The second-order valence-electron chi connectivity index (χ2n) is 21.0. The van der Waals surface area contributed by atoms with Crippen LogP contribution < -0.4 is 0 Å². The number of rotatable bonds is 8. The lowest BCUT2D eigenvalue weighted by molar-refractivity contribution is 1.02. The summed E-state index contributed by atoms with van der Waals surface area (Å²) in [4.78, 5) is 17.2. The van der Waals surface area contributed by atoms with E-state index in [9.17, 15) is 0 Å². The first-order valence-corrected chi connectivity index (χ1v) is 27.9. The molecule has 0 radical (unpaired) electrons. The van der Waals surface area contributed by atoms with Crippen molar-refractivity contribution in [3.8, 4) is 68.0 Å². The molecule has 0 saturated heterocycles. The minimum absolute atomic E-state index is 0.519. The van der Waals surface area contributed by atoms with E-state index in [4.69, 9.17) is 15.0 Å².